The van der Waals surface area contributed by atoms with Crippen molar-refractivity contribution in [2.45, 2.75) is 31.3 Å². The SMILES string of the molecule is CP.O=CNPOCC1CC(F)(F)C(n2ccc(NC(=O)OCc3nc4ccccc4o3)nc2=O)O1. The molecule has 1 saturated heterocycles. The molecule has 194 valence electrons. The lowest BCUT2D eigenvalue weighted by Crippen LogP contribution is -2.35. The first-order valence-electron chi connectivity index (χ1n) is 10.4. The molecule has 2 N–H and O–H groups in total. The third kappa shape index (κ3) is 7.01. The average molecular weight is 545 g/mol. The fraction of sp³-hybridized carbons (Fsp3) is 0.350. The summed E-state index contributed by atoms with van der Waals surface area (Å²) in [6.07, 6.45) is -3.08. The summed E-state index contributed by atoms with van der Waals surface area (Å²) < 4.78 is 50.2. The van der Waals surface area contributed by atoms with Gasteiger partial charge in [-0.3, -0.25) is 14.7 Å². The van der Waals surface area contributed by atoms with Crippen LogP contribution in [0.25, 0.3) is 11.1 Å². The van der Waals surface area contributed by atoms with Crippen molar-refractivity contribution < 1.29 is 36.8 Å². The van der Waals surface area contributed by atoms with E-state index in [1.54, 1.807) is 24.3 Å². The highest BCUT2D eigenvalue weighted by atomic mass is 31.1. The molecular formula is C20H23F2N5O7P2. The van der Waals surface area contributed by atoms with Gasteiger partial charge in [-0.1, -0.05) is 18.8 Å². The lowest BCUT2D eigenvalue weighted by molar-refractivity contribution is -0.119. The van der Waals surface area contributed by atoms with Gasteiger partial charge in [-0.2, -0.15) is 4.98 Å². The predicted octanol–water partition coefficient (Wildman–Crippen LogP) is 2.82. The van der Waals surface area contributed by atoms with Crippen LogP contribution >= 0.6 is 18.2 Å². The summed E-state index contributed by atoms with van der Waals surface area (Å²) in [6, 6.07) is 8.15. The van der Waals surface area contributed by atoms with E-state index in [1.807, 2.05) is 6.66 Å². The number of fused-ring (bicyclic) bond motifs is 1. The Hall–Kier alpha value is -3.05. The van der Waals surface area contributed by atoms with Gasteiger partial charge >= 0.3 is 11.8 Å². The van der Waals surface area contributed by atoms with Crippen molar-refractivity contribution in [3.63, 3.8) is 0 Å². The monoisotopic (exact) mass is 545 g/mol. The van der Waals surface area contributed by atoms with Crippen molar-refractivity contribution in [2.75, 3.05) is 18.6 Å². The summed E-state index contributed by atoms with van der Waals surface area (Å²) in [7, 11) is 2.01. The third-order valence-electron chi connectivity index (χ3n) is 4.62. The van der Waals surface area contributed by atoms with Crippen molar-refractivity contribution in [3.05, 3.63) is 52.9 Å². The van der Waals surface area contributed by atoms with Crippen molar-refractivity contribution in [1.29, 1.82) is 0 Å². The molecule has 0 bridgehead atoms. The Morgan fingerprint density at radius 2 is 2.11 bits per heavy atom. The second-order valence-electron chi connectivity index (χ2n) is 7.03. The van der Waals surface area contributed by atoms with E-state index < -0.39 is 45.4 Å². The Balaban J connectivity index is 0.00000176. The quantitative estimate of drug-likeness (QED) is 0.235. The lowest BCUT2D eigenvalue weighted by atomic mass is 10.2. The van der Waals surface area contributed by atoms with Gasteiger partial charge < -0.3 is 23.5 Å². The predicted molar refractivity (Wildman–Crippen MR) is 129 cm³/mol. The molecule has 4 atom stereocenters. The minimum absolute atomic E-state index is 0.168. The summed E-state index contributed by atoms with van der Waals surface area (Å²) in [5.41, 5.74) is 0.0709. The van der Waals surface area contributed by atoms with Crippen LogP contribution in [0.4, 0.5) is 19.4 Å². The van der Waals surface area contributed by atoms with Crippen LogP contribution in [0.3, 0.4) is 0 Å². The summed E-state index contributed by atoms with van der Waals surface area (Å²) in [4.78, 5) is 42.3. The van der Waals surface area contributed by atoms with Crippen LogP contribution in [0, 0.1) is 0 Å². The number of rotatable bonds is 9. The lowest BCUT2D eigenvalue weighted by Gasteiger charge is -2.19. The maximum atomic E-state index is 14.4. The number of nitrogens with one attached hydrogen (secondary N) is 2. The van der Waals surface area contributed by atoms with Gasteiger partial charge in [0.1, 0.15) is 20.3 Å². The van der Waals surface area contributed by atoms with Crippen LogP contribution in [0.15, 0.2) is 45.7 Å². The number of aromatic nitrogens is 3. The molecule has 36 heavy (non-hydrogen) atoms. The number of ether oxygens (including phenoxy) is 2. The van der Waals surface area contributed by atoms with Crippen LogP contribution in [-0.4, -0.2) is 52.3 Å². The molecule has 3 heterocycles. The zero-order valence-corrected chi connectivity index (χ0v) is 21.0. The number of halogens is 2. The zero-order valence-electron chi connectivity index (χ0n) is 18.9. The number of anilines is 1. The fourth-order valence-electron chi connectivity index (χ4n) is 3.21. The van der Waals surface area contributed by atoms with Gasteiger partial charge in [-0.05, 0) is 18.2 Å². The largest absolute Gasteiger partial charge is 0.439 e. The van der Waals surface area contributed by atoms with E-state index in [2.05, 4.69) is 29.6 Å². The molecule has 1 aliphatic heterocycles. The molecule has 0 aliphatic carbocycles. The molecule has 0 saturated carbocycles. The highest BCUT2D eigenvalue weighted by Crippen LogP contribution is 2.42. The summed E-state index contributed by atoms with van der Waals surface area (Å²) in [6.45, 7) is 1.45. The molecule has 12 nitrogen and oxygen atoms in total. The normalized spacial score (nSPS) is 18.6. The Morgan fingerprint density at radius 1 is 1.33 bits per heavy atom. The summed E-state index contributed by atoms with van der Waals surface area (Å²) in [5, 5.41) is 4.49. The molecule has 4 unspecified atom stereocenters. The van der Waals surface area contributed by atoms with E-state index in [4.69, 9.17) is 18.4 Å². The standard InChI is InChI=1S/C19H18F2N5O7P.CH5P/c20-19(21)7-11(8-31-34-22-10-27)32-16(19)26-6-5-14(24-17(26)28)25-18(29)30-9-15-23-12-3-1-2-4-13(12)33-15;1-2/h1-6,10-11,16,34H,7-9H2,(H,22,27)(H,24,25,28,29);2H2,1H3. The molecule has 0 spiro atoms. The number of hydrogen-bond acceptors (Lipinski definition) is 9. The number of nitrogens with zero attached hydrogens (tertiary/aromatic N) is 3. The van der Waals surface area contributed by atoms with Gasteiger partial charge in [0.25, 0.3) is 5.92 Å². The first kappa shape index (κ1) is 27.5. The summed E-state index contributed by atoms with van der Waals surface area (Å²) >= 11 is 0. The number of amides is 2. The highest BCUT2D eigenvalue weighted by Gasteiger charge is 2.51. The minimum Gasteiger partial charge on any atom is -0.439 e. The van der Waals surface area contributed by atoms with Crippen LogP contribution < -0.4 is 16.1 Å². The molecule has 1 aromatic carbocycles. The number of alkyl halides is 2. The minimum atomic E-state index is -3.37. The second-order valence-corrected chi connectivity index (χ2v) is 7.81. The molecule has 0 radical (unpaired) electrons. The van der Waals surface area contributed by atoms with E-state index in [0.29, 0.717) is 22.1 Å². The number of hydrogen-bond donors (Lipinski definition) is 2. The van der Waals surface area contributed by atoms with E-state index in [1.165, 1.54) is 0 Å². The fourth-order valence-corrected chi connectivity index (χ4v) is 3.61. The van der Waals surface area contributed by atoms with E-state index >= 15 is 0 Å². The van der Waals surface area contributed by atoms with E-state index in [-0.39, 0.29) is 24.9 Å². The molecule has 1 aliphatic rings. The second kappa shape index (κ2) is 12.8. The zero-order chi connectivity index (χ0) is 26.1. The Bertz CT molecular complexity index is 1210. The van der Waals surface area contributed by atoms with Crippen LogP contribution in [-0.2, 0) is 25.4 Å². The van der Waals surface area contributed by atoms with Gasteiger partial charge in [-0.15, -0.1) is 9.24 Å². The molecule has 3 aromatic rings. The molecule has 1 fully saturated rings. The molecule has 4 rings (SSSR count). The van der Waals surface area contributed by atoms with Crippen molar-refractivity contribution in [3.8, 4) is 0 Å². The van der Waals surface area contributed by atoms with Crippen molar-refractivity contribution in [2.24, 2.45) is 0 Å². The van der Waals surface area contributed by atoms with Gasteiger partial charge in [0.2, 0.25) is 18.5 Å². The van der Waals surface area contributed by atoms with Crippen molar-refractivity contribution >= 4 is 47.6 Å². The molecular weight excluding hydrogens is 522 g/mol. The number of carbonyl (C=O) groups is 2. The first-order chi connectivity index (χ1) is 17.4. The average Bonchev–Trinajstić information content (AvgIpc) is 3.41. The third-order valence-corrected chi connectivity index (χ3v) is 5.17. The number of oxazole rings is 1. The Morgan fingerprint density at radius 3 is 2.83 bits per heavy atom. The van der Waals surface area contributed by atoms with Gasteiger partial charge in [0.15, 0.2) is 12.2 Å². The van der Waals surface area contributed by atoms with Crippen LogP contribution in [0.2, 0.25) is 0 Å². The summed E-state index contributed by atoms with van der Waals surface area (Å²) in [5.74, 6) is -3.40. The molecule has 2 amide bonds. The molecule has 16 heteroatoms. The topological polar surface area (TPSA) is 147 Å². The van der Waals surface area contributed by atoms with E-state index in [9.17, 15) is 23.2 Å². The Kier molecular flexibility index (Phi) is 9.77. The van der Waals surface area contributed by atoms with Gasteiger partial charge in [0, 0.05) is 12.6 Å². The molecule has 2 aromatic heterocycles. The van der Waals surface area contributed by atoms with Crippen LogP contribution in [0.5, 0.6) is 0 Å². The van der Waals surface area contributed by atoms with Crippen LogP contribution in [0.1, 0.15) is 18.5 Å². The number of para-hydroxylation sites is 2. The smallest absolute Gasteiger partial charge is 0.413 e. The highest BCUT2D eigenvalue weighted by molar-refractivity contribution is 7.30. The first-order valence-corrected chi connectivity index (χ1v) is 12.5. The maximum absolute atomic E-state index is 14.4. The number of benzene rings is 1. The number of carbonyl (C=O) groups excluding carboxylic acids is 2. The maximum Gasteiger partial charge on any atom is 0.413 e. The van der Waals surface area contributed by atoms with Crippen molar-refractivity contribution in [1.82, 2.24) is 19.6 Å². The van der Waals surface area contributed by atoms with E-state index in [0.717, 1.165) is 12.3 Å². The Labute approximate surface area is 207 Å². The van der Waals surface area contributed by atoms with Gasteiger partial charge in [-0.25, -0.2) is 23.4 Å². The van der Waals surface area contributed by atoms with Gasteiger partial charge in [0.05, 0.1) is 12.7 Å².